The number of amides is 2. The Morgan fingerprint density at radius 3 is 2.52 bits per heavy atom. The first kappa shape index (κ1) is 22.1. The molecule has 3 heterocycles. The molecule has 0 aliphatic rings. The number of anilines is 1. The van der Waals surface area contributed by atoms with Gasteiger partial charge in [-0.15, -0.1) is 11.3 Å². The molecule has 4 aromatic rings. The summed E-state index contributed by atoms with van der Waals surface area (Å²) in [7, 11) is 2.89. The lowest BCUT2D eigenvalue weighted by molar-refractivity contribution is -0.119. The molecule has 2 N–H and O–H groups in total. The maximum absolute atomic E-state index is 12.7. The Kier molecular flexibility index (Phi) is 5.88. The quantitative estimate of drug-likeness (QED) is 0.462. The van der Waals surface area contributed by atoms with Gasteiger partial charge in [0.15, 0.2) is 5.13 Å². The summed E-state index contributed by atoms with van der Waals surface area (Å²) in [5, 5.41) is 7.85. The molecule has 0 saturated heterocycles. The number of hydrogen-bond donors (Lipinski definition) is 2. The molecule has 0 spiro atoms. The van der Waals surface area contributed by atoms with Gasteiger partial charge in [-0.1, -0.05) is 24.3 Å². The highest BCUT2D eigenvalue weighted by Gasteiger charge is 2.15. The minimum atomic E-state index is -0.520. The molecule has 4 rings (SSSR count). The predicted molar refractivity (Wildman–Crippen MR) is 125 cm³/mol. The smallest absolute Gasteiger partial charge is 0.332 e. The van der Waals surface area contributed by atoms with E-state index in [4.69, 9.17) is 0 Å². The first-order valence-electron chi connectivity index (χ1n) is 9.91. The van der Waals surface area contributed by atoms with E-state index in [1.165, 1.54) is 49.2 Å². The largest absolute Gasteiger partial charge is 0.352 e. The second kappa shape index (κ2) is 8.79. The number of carbonyl (C=O) groups excluding carboxylic acids is 2. The summed E-state index contributed by atoms with van der Waals surface area (Å²) in [6, 6.07) is 9.01. The van der Waals surface area contributed by atoms with Gasteiger partial charge in [0, 0.05) is 44.7 Å². The molecule has 0 aliphatic heterocycles. The molecular weight excluding hydrogens is 444 g/mol. The minimum absolute atomic E-state index is 0.0926. The maximum atomic E-state index is 12.7. The van der Waals surface area contributed by atoms with E-state index in [-0.39, 0.29) is 22.5 Å². The SMILES string of the molecule is CC(=O)NCc1ccc(-c2csc(NC(=O)c3cnc4c(c3)c(=O)n(C)c(=O)n4C)n2)cc1. The van der Waals surface area contributed by atoms with Crippen LogP contribution in [-0.4, -0.2) is 30.9 Å². The molecule has 0 atom stereocenters. The molecule has 33 heavy (non-hydrogen) atoms. The average Bonchev–Trinajstić information content (AvgIpc) is 3.28. The molecule has 1 aromatic carbocycles. The zero-order valence-electron chi connectivity index (χ0n) is 18.1. The number of nitrogens with one attached hydrogen (secondary N) is 2. The number of fused-ring (bicyclic) bond motifs is 1. The molecule has 2 amide bonds. The van der Waals surface area contributed by atoms with Gasteiger partial charge in [-0.2, -0.15) is 0 Å². The van der Waals surface area contributed by atoms with E-state index in [9.17, 15) is 19.2 Å². The fourth-order valence-electron chi connectivity index (χ4n) is 3.24. The van der Waals surface area contributed by atoms with Crippen molar-refractivity contribution in [1.29, 1.82) is 0 Å². The van der Waals surface area contributed by atoms with E-state index in [0.29, 0.717) is 17.4 Å². The first-order chi connectivity index (χ1) is 15.7. The summed E-state index contributed by atoms with van der Waals surface area (Å²) in [6.07, 6.45) is 1.32. The van der Waals surface area contributed by atoms with E-state index >= 15 is 0 Å². The Balaban J connectivity index is 1.53. The van der Waals surface area contributed by atoms with E-state index in [1.807, 2.05) is 29.6 Å². The highest BCUT2D eigenvalue weighted by molar-refractivity contribution is 7.14. The van der Waals surface area contributed by atoms with Crippen molar-refractivity contribution >= 4 is 39.3 Å². The van der Waals surface area contributed by atoms with Gasteiger partial charge in [0.1, 0.15) is 5.65 Å². The van der Waals surface area contributed by atoms with Crippen molar-refractivity contribution in [2.75, 3.05) is 5.32 Å². The van der Waals surface area contributed by atoms with E-state index in [1.54, 1.807) is 0 Å². The van der Waals surface area contributed by atoms with Crippen molar-refractivity contribution in [2.45, 2.75) is 13.5 Å². The number of rotatable bonds is 5. The lowest BCUT2D eigenvalue weighted by Crippen LogP contribution is -2.37. The lowest BCUT2D eigenvalue weighted by Gasteiger charge is -2.08. The van der Waals surface area contributed by atoms with Crippen molar-refractivity contribution in [2.24, 2.45) is 14.1 Å². The fraction of sp³-hybridized carbons (Fsp3) is 0.182. The monoisotopic (exact) mass is 464 g/mol. The Morgan fingerprint density at radius 2 is 1.82 bits per heavy atom. The van der Waals surface area contributed by atoms with Crippen LogP contribution in [0.15, 0.2) is 51.5 Å². The van der Waals surface area contributed by atoms with Gasteiger partial charge in [0.2, 0.25) is 5.91 Å². The topological polar surface area (TPSA) is 128 Å². The van der Waals surface area contributed by atoms with Gasteiger partial charge in [0.25, 0.3) is 11.5 Å². The second-order valence-corrected chi connectivity index (χ2v) is 8.26. The highest BCUT2D eigenvalue weighted by atomic mass is 32.1. The number of benzene rings is 1. The van der Waals surface area contributed by atoms with Gasteiger partial charge >= 0.3 is 5.69 Å². The van der Waals surface area contributed by atoms with Gasteiger partial charge in [-0.3, -0.25) is 28.8 Å². The van der Waals surface area contributed by atoms with Crippen LogP contribution >= 0.6 is 11.3 Å². The summed E-state index contributed by atoms with van der Waals surface area (Å²) in [6.45, 7) is 1.92. The van der Waals surface area contributed by atoms with Crippen LogP contribution in [-0.2, 0) is 25.4 Å². The summed E-state index contributed by atoms with van der Waals surface area (Å²) >= 11 is 1.27. The van der Waals surface area contributed by atoms with Crippen LogP contribution in [0.3, 0.4) is 0 Å². The van der Waals surface area contributed by atoms with Crippen LogP contribution in [0.1, 0.15) is 22.8 Å². The van der Waals surface area contributed by atoms with Gasteiger partial charge in [0.05, 0.1) is 16.6 Å². The molecule has 0 aliphatic carbocycles. The summed E-state index contributed by atoms with van der Waals surface area (Å²) in [5.74, 6) is -0.558. The number of hydrogen-bond acceptors (Lipinski definition) is 7. The molecule has 168 valence electrons. The van der Waals surface area contributed by atoms with Gasteiger partial charge < -0.3 is 5.32 Å². The molecule has 10 nitrogen and oxygen atoms in total. The second-order valence-electron chi connectivity index (χ2n) is 7.40. The van der Waals surface area contributed by atoms with Crippen LogP contribution in [0, 0.1) is 0 Å². The van der Waals surface area contributed by atoms with Crippen LogP contribution in [0.4, 0.5) is 5.13 Å². The average molecular weight is 465 g/mol. The zero-order chi connectivity index (χ0) is 23.7. The molecule has 0 saturated carbocycles. The van der Waals surface area contributed by atoms with Crippen molar-refractivity contribution in [3.05, 3.63) is 73.9 Å². The molecule has 0 radical (unpaired) electrons. The lowest BCUT2D eigenvalue weighted by atomic mass is 10.1. The van der Waals surface area contributed by atoms with Crippen molar-refractivity contribution in [3.8, 4) is 11.3 Å². The third kappa shape index (κ3) is 4.44. The van der Waals surface area contributed by atoms with Crippen molar-refractivity contribution in [1.82, 2.24) is 24.4 Å². The van der Waals surface area contributed by atoms with E-state index < -0.39 is 17.2 Å². The number of nitrogens with zero attached hydrogens (tertiary/aromatic N) is 4. The number of thiazole rings is 1. The van der Waals surface area contributed by atoms with Crippen LogP contribution in [0.25, 0.3) is 22.3 Å². The maximum Gasteiger partial charge on any atom is 0.332 e. The molecule has 0 bridgehead atoms. The number of pyridine rings is 1. The number of aryl methyl sites for hydroxylation is 1. The van der Waals surface area contributed by atoms with Crippen LogP contribution in [0.2, 0.25) is 0 Å². The third-order valence-corrected chi connectivity index (χ3v) is 5.83. The first-order valence-corrected chi connectivity index (χ1v) is 10.8. The van der Waals surface area contributed by atoms with Gasteiger partial charge in [-0.25, -0.2) is 14.8 Å². The summed E-state index contributed by atoms with van der Waals surface area (Å²) < 4.78 is 2.23. The molecule has 3 aromatic heterocycles. The van der Waals surface area contributed by atoms with Crippen molar-refractivity contribution < 1.29 is 9.59 Å². The van der Waals surface area contributed by atoms with Crippen molar-refractivity contribution in [3.63, 3.8) is 0 Å². The summed E-state index contributed by atoms with van der Waals surface area (Å²) in [4.78, 5) is 56.8. The zero-order valence-corrected chi connectivity index (χ0v) is 18.9. The standard InChI is InChI=1S/C22H20N6O4S/c1-12(29)23-9-13-4-6-14(7-5-13)17-11-33-21(25-17)26-19(30)15-8-16-18(24-10-15)27(2)22(32)28(3)20(16)31/h4-8,10-11H,9H2,1-3H3,(H,23,29)(H,25,26,30). The normalized spacial score (nSPS) is 10.9. The molecule has 11 heteroatoms. The Bertz CT molecular complexity index is 1500. The summed E-state index contributed by atoms with van der Waals surface area (Å²) in [5.41, 5.74) is 1.90. The number of aromatic nitrogens is 4. The van der Waals surface area contributed by atoms with Crippen LogP contribution in [0.5, 0.6) is 0 Å². The van der Waals surface area contributed by atoms with Crippen LogP contribution < -0.4 is 21.9 Å². The van der Waals surface area contributed by atoms with E-state index in [0.717, 1.165) is 15.7 Å². The fourth-order valence-corrected chi connectivity index (χ4v) is 3.96. The Hall–Kier alpha value is -4.12. The van der Waals surface area contributed by atoms with E-state index in [2.05, 4.69) is 20.6 Å². The molecule has 0 fully saturated rings. The Labute approximate surface area is 191 Å². The molecular formula is C22H20N6O4S. The Morgan fingerprint density at radius 1 is 1.09 bits per heavy atom. The van der Waals surface area contributed by atoms with Gasteiger partial charge in [-0.05, 0) is 11.6 Å². The predicted octanol–water partition coefficient (Wildman–Crippen LogP) is 1.64. The minimum Gasteiger partial charge on any atom is -0.352 e. The highest BCUT2D eigenvalue weighted by Crippen LogP contribution is 2.25. The molecule has 0 unspecified atom stereocenters. The third-order valence-electron chi connectivity index (χ3n) is 5.07. The number of carbonyl (C=O) groups is 2.